The summed E-state index contributed by atoms with van der Waals surface area (Å²) >= 11 is 0. The SMILES string of the molecule is O=S(=O)(Cl)c1cc(F)cc(F)c1OC1CCCCCC1. The fourth-order valence-corrected chi connectivity index (χ4v) is 3.32. The quantitative estimate of drug-likeness (QED) is 0.623. The highest BCUT2D eigenvalue weighted by Gasteiger charge is 2.25. The number of rotatable bonds is 3. The first-order valence-corrected chi connectivity index (χ1v) is 8.79. The summed E-state index contributed by atoms with van der Waals surface area (Å²) in [6.07, 6.45) is 5.21. The van der Waals surface area contributed by atoms with Crippen LogP contribution in [0.4, 0.5) is 8.78 Å². The van der Waals surface area contributed by atoms with E-state index in [2.05, 4.69) is 0 Å². The van der Waals surface area contributed by atoms with Crippen LogP contribution in [-0.2, 0) is 9.05 Å². The van der Waals surface area contributed by atoms with E-state index in [0.717, 1.165) is 38.5 Å². The largest absolute Gasteiger partial charge is 0.486 e. The van der Waals surface area contributed by atoms with E-state index in [0.29, 0.717) is 12.1 Å². The molecule has 20 heavy (non-hydrogen) atoms. The molecule has 1 saturated carbocycles. The molecule has 1 aromatic rings. The molecule has 0 atom stereocenters. The molecule has 0 N–H and O–H groups in total. The number of halogens is 3. The van der Waals surface area contributed by atoms with Gasteiger partial charge in [0.05, 0.1) is 6.10 Å². The fourth-order valence-electron chi connectivity index (χ4n) is 2.36. The van der Waals surface area contributed by atoms with Crippen molar-refractivity contribution < 1.29 is 21.9 Å². The van der Waals surface area contributed by atoms with Gasteiger partial charge in [0, 0.05) is 16.7 Å². The summed E-state index contributed by atoms with van der Waals surface area (Å²) in [6, 6.07) is 1.27. The van der Waals surface area contributed by atoms with Gasteiger partial charge in [-0.1, -0.05) is 12.8 Å². The molecule has 112 valence electrons. The van der Waals surface area contributed by atoms with Crippen LogP contribution in [0.3, 0.4) is 0 Å². The van der Waals surface area contributed by atoms with Crippen molar-refractivity contribution in [1.82, 2.24) is 0 Å². The Balaban J connectivity index is 2.34. The highest BCUT2D eigenvalue weighted by Crippen LogP contribution is 2.33. The van der Waals surface area contributed by atoms with Gasteiger partial charge in [0.2, 0.25) is 0 Å². The summed E-state index contributed by atoms with van der Waals surface area (Å²) in [7, 11) is 0.945. The van der Waals surface area contributed by atoms with Crippen LogP contribution in [0.25, 0.3) is 0 Å². The first kappa shape index (κ1) is 15.5. The number of ether oxygens (including phenoxy) is 1. The van der Waals surface area contributed by atoms with E-state index in [4.69, 9.17) is 15.4 Å². The third kappa shape index (κ3) is 3.82. The maximum absolute atomic E-state index is 13.8. The van der Waals surface area contributed by atoms with Gasteiger partial charge >= 0.3 is 0 Å². The van der Waals surface area contributed by atoms with Gasteiger partial charge in [-0.2, -0.15) is 0 Å². The van der Waals surface area contributed by atoms with Crippen molar-refractivity contribution in [2.24, 2.45) is 0 Å². The van der Waals surface area contributed by atoms with E-state index in [1.165, 1.54) is 0 Å². The number of hydrogen-bond acceptors (Lipinski definition) is 3. The van der Waals surface area contributed by atoms with Crippen LogP contribution in [0.1, 0.15) is 38.5 Å². The molecule has 0 heterocycles. The molecule has 7 heteroatoms. The van der Waals surface area contributed by atoms with Crippen LogP contribution in [0, 0.1) is 11.6 Å². The Morgan fingerprint density at radius 3 is 2.25 bits per heavy atom. The summed E-state index contributed by atoms with van der Waals surface area (Å²) < 4.78 is 55.3. The van der Waals surface area contributed by atoms with Crippen molar-refractivity contribution in [3.8, 4) is 5.75 Å². The Bertz CT molecular complexity index is 582. The third-order valence-corrected chi connectivity index (χ3v) is 4.65. The lowest BCUT2D eigenvalue weighted by Crippen LogP contribution is -2.17. The molecule has 1 aliphatic carbocycles. The van der Waals surface area contributed by atoms with Gasteiger partial charge in [-0.05, 0) is 31.7 Å². The van der Waals surface area contributed by atoms with Crippen molar-refractivity contribution in [2.45, 2.75) is 49.5 Å². The topological polar surface area (TPSA) is 43.4 Å². The predicted octanol–water partition coefficient (Wildman–Crippen LogP) is 3.99. The Labute approximate surface area is 121 Å². The summed E-state index contributed by atoms with van der Waals surface area (Å²) in [5, 5.41) is 0. The van der Waals surface area contributed by atoms with Gasteiger partial charge in [0.15, 0.2) is 11.6 Å². The molecule has 0 saturated heterocycles. The standard InChI is InChI=1S/C13H15ClF2O3S/c14-20(17,18)12-8-9(15)7-11(16)13(12)19-10-5-3-1-2-4-6-10/h7-8,10H,1-6H2. The van der Waals surface area contributed by atoms with E-state index < -0.39 is 31.3 Å². The zero-order valence-corrected chi connectivity index (χ0v) is 12.3. The minimum atomic E-state index is -4.27. The monoisotopic (exact) mass is 324 g/mol. The lowest BCUT2D eigenvalue weighted by molar-refractivity contribution is 0.170. The molecule has 1 fully saturated rings. The molecule has 2 rings (SSSR count). The Morgan fingerprint density at radius 1 is 1.10 bits per heavy atom. The van der Waals surface area contributed by atoms with Crippen LogP contribution in [0.2, 0.25) is 0 Å². The second kappa shape index (κ2) is 6.26. The Morgan fingerprint density at radius 2 is 1.70 bits per heavy atom. The second-order valence-corrected chi connectivity index (χ2v) is 7.42. The average Bonchev–Trinajstić information content (AvgIpc) is 2.59. The van der Waals surface area contributed by atoms with E-state index >= 15 is 0 Å². The molecule has 0 radical (unpaired) electrons. The maximum atomic E-state index is 13.8. The van der Waals surface area contributed by atoms with Crippen LogP contribution in [0.5, 0.6) is 5.75 Å². The highest BCUT2D eigenvalue weighted by atomic mass is 35.7. The molecular weight excluding hydrogens is 310 g/mol. The normalized spacial score (nSPS) is 17.8. The molecule has 0 unspecified atom stereocenters. The van der Waals surface area contributed by atoms with E-state index in [-0.39, 0.29) is 6.10 Å². The van der Waals surface area contributed by atoms with E-state index in [1.807, 2.05) is 0 Å². The van der Waals surface area contributed by atoms with Crippen molar-refractivity contribution in [3.05, 3.63) is 23.8 Å². The van der Waals surface area contributed by atoms with Gasteiger partial charge in [0.25, 0.3) is 9.05 Å². The summed E-state index contributed by atoms with van der Waals surface area (Å²) in [6.45, 7) is 0. The minimum absolute atomic E-state index is 0.269. The van der Waals surface area contributed by atoms with Crippen molar-refractivity contribution in [2.75, 3.05) is 0 Å². The first-order valence-electron chi connectivity index (χ1n) is 6.48. The van der Waals surface area contributed by atoms with E-state index in [9.17, 15) is 17.2 Å². The molecular formula is C13H15ClF2O3S. The van der Waals surface area contributed by atoms with Gasteiger partial charge in [0.1, 0.15) is 10.7 Å². The second-order valence-electron chi connectivity index (χ2n) is 4.88. The summed E-state index contributed by atoms with van der Waals surface area (Å²) in [4.78, 5) is -0.652. The Hall–Kier alpha value is -0.880. The molecule has 0 aliphatic heterocycles. The van der Waals surface area contributed by atoms with Crippen molar-refractivity contribution in [3.63, 3.8) is 0 Å². The third-order valence-electron chi connectivity index (χ3n) is 3.32. The lowest BCUT2D eigenvalue weighted by Gasteiger charge is -2.19. The number of benzene rings is 1. The summed E-state index contributed by atoms with van der Waals surface area (Å²) in [5.74, 6) is -2.53. The summed E-state index contributed by atoms with van der Waals surface area (Å²) in [5.41, 5.74) is 0. The molecule has 0 amide bonds. The maximum Gasteiger partial charge on any atom is 0.265 e. The Kier molecular flexibility index (Phi) is 4.86. The number of hydrogen-bond donors (Lipinski definition) is 0. The average molecular weight is 325 g/mol. The van der Waals surface area contributed by atoms with Gasteiger partial charge < -0.3 is 4.74 Å². The molecule has 1 aliphatic rings. The van der Waals surface area contributed by atoms with Crippen molar-refractivity contribution >= 4 is 19.7 Å². The zero-order valence-electron chi connectivity index (χ0n) is 10.7. The van der Waals surface area contributed by atoms with Crippen LogP contribution in [0.15, 0.2) is 17.0 Å². The smallest absolute Gasteiger partial charge is 0.265 e. The van der Waals surface area contributed by atoms with Gasteiger partial charge in [-0.3, -0.25) is 0 Å². The molecule has 0 aromatic heterocycles. The molecule has 3 nitrogen and oxygen atoms in total. The highest BCUT2D eigenvalue weighted by molar-refractivity contribution is 8.13. The van der Waals surface area contributed by atoms with Gasteiger partial charge in [-0.15, -0.1) is 0 Å². The predicted molar refractivity (Wildman–Crippen MR) is 71.5 cm³/mol. The van der Waals surface area contributed by atoms with Gasteiger partial charge in [-0.25, -0.2) is 17.2 Å². The minimum Gasteiger partial charge on any atom is -0.486 e. The van der Waals surface area contributed by atoms with Crippen LogP contribution in [-0.4, -0.2) is 14.5 Å². The fraction of sp³-hybridized carbons (Fsp3) is 0.538. The van der Waals surface area contributed by atoms with Crippen LogP contribution >= 0.6 is 10.7 Å². The molecule has 1 aromatic carbocycles. The lowest BCUT2D eigenvalue weighted by atomic mass is 10.1. The molecule has 0 bridgehead atoms. The van der Waals surface area contributed by atoms with E-state index in [1.54, 1.807) is 0 Å². The van der Waals surface area contributed by atoms with Crippen molar-refractivity contribution in [1.29, 1.82) is 0 Å². The molecule has 0 spiro atoms. The zero-order chi connectivity index (χ0) is 14.8. The van der Waals surface area contributed by atoms with Crippen LogP contribution < -0.4 is 4.74 Å². The first-order chi connectivity index (χ1) is 9.38.